The number of ether oxygens (including phenoxy) is 1. The summed E-state index contributed by atoms with van der Waals surface area (Å²) < 4.78 is 5.44. The molecule has 0 spiro atoms. The first-order valence-corrected chi connectivity index (χ1v) is 8.34. The summed E-state index contributed by atoms with van der Waals surface area (Å²) >= 11 is 0. The van der Waals surface area contributed by atoms with E-state index in [4.69, 9.17) is 4.74 Å². The number of aliphatic hydroxyl groups excluding tert-OH is 1. The first-order chi connectivity index (χ1) is 11.0. The van der Waals surface area contributed by atoms with Crippen molar-refractivity contribution >= 4 is 6.03 Å². The molecular weight excluding hydrogens is 292 g/mol. The summed E-state index contributed by atoms with van der Waals surface area (Å²) in [6.45, 7) is 8.19. The van der Waals surface area contributed by atoms with Gasteiger partial charge in [-0.25, -0.2) is 4.79 Å². The number of aliphatic hydroxyl groups is 1. The molecule has 5 nitrogen and oxygen atoms in total. The van der Waals surface area contributed by atoms with Gasteiger partial charge in [0.1, 0.15) is 0 Å². The number of hydrogen-bond donors (Lipinski definition) is 2. The molecule has 1 heterocycles. The van der Waals surface area contributed by atoms with Crippen molar-refractivity contribution in [1.82, 2.24) is 10.2 Å². The van der Waals surface area contributed by atoms with Gasteiger partial charge in [0.2, 0.25) is 0 Å². The highest BCUT2D eigenvalue weighted by atomic mass is 16.5. The van der Waals surface area contributed by atoms with Crippen LogP contribution in [0.25, 0.3) is 0 Å². The number of benzene rings is 1. The molecular formula is C18H28N2O3. The molecule has 0 saturated carbocycles. The van der Waals surface area contributed by atoms with Crippen LogP contribution < -0.4 is 5.32 Å². The maximum absolute atomic E-state index is 12.4. The average Bonchev–Trinajstić information content (AvgIpc) is 2.50. The van der Waals surface area contributed by atoms with Crippen LogP contribution in [0.1, 0.15) is 30.0 Å². The summed E-state index contributed by atoms with van der Waals surface area (Å²) in [5, 5.41) is 12.6. The lowest BCUT2D eigenvalue weighted by Gasteiger charge is -2.36. The van der Waals surface area contributed by atoms with Crippen molar-refractivity contribution in [3.05, 3.63) is 34.9 Å². The van der Waals surface area contributed by atoms with E-state index in [9.17, 15) is 9.90 Å². The lowest BCUT2D eigenvalue weighted by molar-refractivity contribution is -0.00425. The van der Waals surface area contributed by atoms with Crippen LogP contribution in [0.15, 0.2) is 18.2 Å². The Kier molecular flexibility index (Phi) is 6.42. The monoisotopic (exact) mass is 320 g/mol. The number of nitrogens with one attached hydrogen (secondary N) is 1. The molecule has 1 aliphatic heterocycles. The minimum Gasteiger partial charge on any atom is -0.393 e. The Balaban J connectivity index is 1.88. The van der Waals surface area contributed by atoms with Gasteiger partial charge in [-0.1, -0.05) is 18.2 Å². The normalized spacial score (nSPS) is 19.5. The molecule has 2 atom stereocenters. The number of aryl methyl sites for hydroxylation is 2. The SMILES string of the molecule is Cc1cccc(C)c1CCNC(=O)N1CCOC[C@@H]1C[C@@H](C)O. The third kappa shape index (κ3) is 4.94. The minimum absolute atomic E-state index is 0.0519. The summed E-state index contributed by atoms with van der Waals surface area (Å²) in [4.78, 5) is 14.2. The quantitative estimate of drug-likeness (QED) is 0.872. The Bertz CT molecular complexity index is 511. The maximum atomic E-state index is 12.4. The van der Waals surface area contributed by atoms with E-state index in [-0.39, 0.29) is 12.1 Å². The van der Waals surface area contributed by atoms with Gasteiger partial charge in [-0.15, -0.1) is 0 Å². The lowest BCUT2D eigenvalue weighted by atomic mass is 10.0. The van der Waals surface area contributed by atoms with Crippen LogP contribution in [0.2, 0.25) is 0 Å². The number of nitrogens with zero attached hydrogens (tertiary/aromatic N) is 1. The number of urea groups is 1. The summed E-state index contributed by atoms with van der Waals surface area (Å²) in [5.41, 5.74) is 3.82. The highest BCUT2D eigenvalue weighted by Gasteiger charge is 2.28. The fourth-order valence-corrected chi connectivity index (χ4v) is 3.15. The number of carbonyl (C=O) groups is 1. The van der Waals surface area contributed by atoms with E-state index in [1.165, 1.54) is 16.7 Å². The van der Waals surface area contributed by atoms with Gasteiger partial charge in [0.25, 0.3) is 0 Å². The summed E-state index contributed by atoms with van der Waals surface area (Å²) in [6.07, 6.45) is 0.937. The number of carbonyl (C=O) groups excluding carboxylic acids is 1. The van der Waals surface area contributed by atoms with Gasteiger partial charge in [0.05, 0.1) is 25.4 Å². The number of amides is 2. The smallest absolute Gasteiger partial charge is 0.317 e. The van der Waals surface area contributed by atoms with Crippen LogP contribution in [0, 0.1) is 13.8 Å². The van der Waals surface area contributed by atoms with Gasteiger partial charge >= 0.3 is 6.03 Å². The van der Waals surface area contributed by atoms with E-state index in [2.05, 4.69) is 37.4 Å². The van der Waals surface area contributed by atoms with E-state index in [1.54, 1.807) is 11.8 Å². The predicted molar refractivity (Wildman–Crippen MR) is 90.6 cm³/mol. The maximum Gasteiger partial charge on any atom is 0.317 e. The molecule has 5 heteroatoms. The fraction of sp³-hybridized carbons (Fsp3) is 0.611. The number of hydrogen-bond acceptors (Lipinski definition) is 3. The van der Waals surface area contributed by atoms with Crippen molar-refractivity contribution in [3.63, 3.8) is 0 Å². The molecule has 2 amide bonds. The third-order valence-electron chi connectivity index (χ3n) is 4.40. The molecule has 0 unspecified atom stereocenters. The van der Waals surface area contributed by atoms with E-state index in [0.29, 0.717) is 32.7 Å². The second kappa shape index (κ2) is 8.31. The molecule has 0 radical (unpaired) electrons. The molecule has 0 aromatic heterocycles. The molecule has 0 bridgehead atoms. The Morgan fingerprint density at radius 3 is 2.78 bits per heavy atom. The van der Waals surface area contributed by atoms with Crippen LogP contribution in [0.3, 0.4) is 0 Å². The van der Waals surface area contributed by atoms with Gasteiger partial charge in [0.15, 0.2) is 0 Å². The predicted octanol–water partition coefficient (Wildman–Crippen LogP) is 2.03. The Labute approximate surface area is 138 Å². The van der Waals surface area contributed by atoms with Crippen molar-refractivity contribution in [1.29, 1.82) is 0 Å². The largest absolute Gasteiger partial charge is 0.393 e. The fourth-order valence-electron chi connectivity index (χ4n) is 3.15. The van der Waals surface area contributed by atoms with Crippen LogP contribution in [0.5, 0.6) is 0 Å². The number of morpholine rings is 1. The van der Waals surface area contributed by atoms with Gasteiger partial charge < -0.3 is 20.1 Å². The molecule has 23 heavy (non-hydrogen) atoms. The second-order valence-electron chi connectivity index (χ2n) is 6.36. The topological polar surface area (TPSA) is 61.8 Å². The van der Waals surface area contributed by atoms with Crippen LogP contribution in [0.4, 0.5) is 4.79 Å². The molecule has 1 saturated heterocycles. The average molecular weight is 320 g/mol. The Morgan fingerprint density at radius 1 is 1.43 bits per heavy atom. The highest BCUT2D eigenvalue weighted by molar-refractivity contribution is 5.74. The lowest BCUT2D eigenvalue weighted by Crippen LogP contribution is -2.53. The zero-order valence-corrected chi connectivity index (χ0v) is 14.3. The van der Waals surface area contributed by atoms with Gasteiger partial charge in [-0.2, -0.15) is 0 Å². The Hall–Kier alpha value is -1.59. The molecule has 128 valence electrons. The van der Waals surface area contributed by atoms with E-state index >= 15 is 0 Å². The van der Waals surface area contributed by atoms with Crippen LogP contribution >= 0.6 is 0 Å². The third-order valence-corrected chi connectivity index (χ3v) is 4.40. The summed E-state index contributed by atoms with van der Waals surface area (Å²) in [5.74, 6) is 0. The Morgan fingerprint density at radius 2 is 2.13 bits per heavy atom. The van der Waals surface area contributed by atoms with Gasteiger partial charge in [0, 0.05) is 13.1 Å². The zero-order chi connectivity index (χ0) is 16.8. The molecule has 1 fully saturated rings. The highest BCUT2D eigenvalue weighted by Crippen LogP contribution is 2.15. The second-order valence-corrected chi connectivity index (χ2v) is 6.36. The van der Waals surface area contributed by atoms with E-state index in [0.717, 1.165) is 6.42 Å². The van der Waals surface area contributed by atoms with Gasteiger partial charge in [-0.3, -0.25) is 0 Å². The zero-order valence-electron chi connectivity index (χ0n) is 14.3. The van der Waals surface area contributed by atoms with Crippen LogP contribution in [-0.4, -0.2) is 54.5 Å². The first-order valence-electron chi connectivity index (χ1n) is 8.34. The molecule has 1 aromatic carbocycles. The van der Waals surface area contributed by atoms with Crippen molar-refractivity contribution in [2.75, 3.05) is 26.3 Å². The van der Waals surface area contributed by atoms with Crippen LogP contribution in [-0.2, 0) is 11.2 Å². The minimum atomic E-state index is -0.438. The molecule has 2 N–H and O–H groups in total. The summed E-state index contributed by atoms with van der Waals surface area (Å²) in [6, 6.07) is 6.14. The van der Waals surface area contributed by atoms with E-state index in [1.807, 2.05) is 0 Å². The molecule has 1 aromatic rings. The van der Waals surface area contributed by atoms with Crippen molar-refractivity contribution < 1.29 is 14.6 Å². The molecule has 2 rings (SSSR count). The van der Waals surface area contributed by atoms with Gasteiger partial charge in [-0.05, 0) is 50.3 Å². The summed E-state index contributed by atoms with van der Waals surface area (Å²) in [7, 11) is 0. The molecule has 0 aliphatic carbocycles. The van der Waals surface area contributed by atoms with Crippen molar-refractivity contribution in [3.8, 4) is 0 Å². The standard InChI is InChI=1S/C18H28N2O3/c1-13-5-4-6-14(2)17(13)7-8-19-18(22)20-9-10-23-12-16(20)11-15(3)21/h4-6,15-16,21H,7-12H2,1-3H3,(H,19,22)/t15-,16+/m1/s1. The molecule has 1 aliphatic rings. The number of rotatable bonds is 5. The van der Waals surface area contributed by atoms with Crippen molar-refractivity contribution in [2.45, 2.75) is 45.8 Å². The first kappa shape index (κ1) is 17.8. The van der Waals surface area contributed by atoms with Crippen molar-refractivity contribution in [2.24, 2.45) is 0 Å². The van der Waals surface area contributed by atoms with E-state index < -0.39 is 6.10 Å².